The van der Waals surface area contributed by atoms with Gasteiger partial charge in [-0.05, 0) is 24.6 Å². The fourth-order valence-corrected chi connectivity index (χ4v) is 1.96. The van der Waals surface area contributed by atoms with Crippen molar-refractivity contribution < 1.29 is 26.7 Å². The molecular formula is C15H10F4N4O2. The van der Waals surface area contributed by atoms with Crippen molar-refractivity contribution >= 4 is 0 Å². The van der Waals surface area contributed by atoms with Crippen molar-refractivity contribution in [3.8, 4) is 17.5 Å². The van der Waals surface area contributed by atoms with Gasteiger partial charge in [0.1, 0.15) is 17.7 Å². The van der Waals surface area contributed by atoms with Gasteiger partial charge >= 0.3 is 12.4 Å². The van der Waals surface area contributed by atoms with E-state index in [0.717, 1.165) is 18.2 Å². The van der Waals surface area contributed by atoms with E-state index in [0.29, 0.717) is 0 Å². The first kappa shape index (κ1) is 16.8. The molecule has 0 aliphatic heterocycles. The molecule has 3 aromatic rings. The molecule has 0 saturated heterocycles. The number of alkyl halides is 2. The number of hydrogen-bond donors (Lipinski definition) is 0. The Labute approximate surface area is 138 Å². The van der Waals surface area contributed by atoms with E-state index in [1.165, 1.54) is 12.4 Å². The molecule has 0 fully saturated rings. The van der Waals surface area contributed by atoms with E-state index >= 15 is 0 Å². The van der Waals surface area contributed by atoms with Gasteiger partial charge in [-0.2, -0.15) is 8.78 Å². The van der Waals surface area contributed by atoms with Crippen LogP contribution in [0.2, 0.25) is 0 Å². The average Bonchev–Trinajstić information content (AvgIpc) is 3.05. The molecule has 2 heterocycles. The summed E-state index contributed by atoms with van der Waals surface area (Å²) in [6, 6.07) is 2.94. The zero-order valence-corrected chi connectivity index (χ0v) is 12.7. The van der Waals surface area contributed by atoms with Crippen LogP contribution in [0.3, 0.4) is 0 Å². The van der Waals surface area contributed by atoms with Crippen molar-refractivity contribution in [1.82, 2.24) is 20.2 Å². The van der Waals surface area contributed by atoms with Gasteiger partial charge in [0.15, 0.2) is 0 Å². The summed E-state index contributed by atoms with van der Waals surface area (Å²) in [6.45, 7) is 1.57. The standard InChI is InChI=1S/C15H10F4N4O2/c1-7(8-2-10(16)4-11(17)3-8)24-15-20-5-9(6-21-15)13-22-23-14(25-13)12(18)19/h2-7,12H,1H3. The zero-order valence-electron chi connectivity index (χ0n) is 12.7. The Bertz CT molecular complexity index is 850. The second-order valence-corrected chi connectivity index (χ2v) is 4.96. The predicted molar refractivity (Wildman–Crippen MR) is 75.7 cm³/mol. The minimum Gasteiger partial charge on any atom is -0.456 e. The molecule has 1 aromatic carbocycles. The summed E-state index contributed by atoms with van der Waals surface area (Å²) < 4.78 is 61.5. The third-order valence-corrected chi connectivity index (χ3v) is 3.14. The lowest BCUT2D eigenvalue weighted by Crippen LogP contribution is -2.06. The molecule has 0 amide bonds. The van der Waals surface area contributed by atoms with Gasteiger partial charge < -0.3 is 9.15 Å². The first-order valence-electron chi connectivity index (χ1n) is 6.99. The minimum atomic E-state index is -2.88. The number of rotatable bonds is 5. The summed E-state index contributed by atoms with van der Waals surface area (Å²) >= 11 is 0. The van der Waals surface area contributed by atoms with E-state index in [1.807, 2.05) is 0 Å². The lowest BCUT2D eigenvalue weighted by atomic mass is 10.1. The maximum atomic E-state index is 13.2. The van der Waals surface area contributed by atoms with E-state index in [4.69, 9.17) is 9.15 Å². The largest absolute Gasteiger partial charge is 0.456 e. The maximum absolute atomic E-state index is 13.2. The number of aromatic nitrogens is 4. The first-order valence-corrected chi connectivity index (χ1v) is 6.99. The molecule has 6 nitrogen and oxygen atoms in total. The Morgan fingerprint density at radius 2 is 1.64 bits per heavy atom. The van der Waals surface area contributed by atoms with Crippen molar-refractivity contribution in [3.05, 3.63) is 53.7 Å². The van der Waals surface area contributed by atoms with Crippen LogP contribution in [0.25, 0.3) is 11.5 Å². The summed E-state index contributed by atoms with van der Waals surface area (Å²) in [7, 11) is 0. The fourth-order valence-electron chi connectivity index (χ4n) is 1.96. The van der Waals surface area contributed by atoms with Gasteiger partial charge in [0, 0.05) is 18.5 Å². The third-order valence-electron chi connectivity index (χ3n) is 3.14. The Kier molecular flexibility index (Phi) is 4.59. The number of ether oxygens (including phenoxy) is 1. The maximum Gasteiger partial charge on any atom is 0.316 e. The first-order chi connectivity index (χ1) is 11.9. The minimum absolute atomic E-state index is 0.0745. The highest BCUT2D eigenvalue weighted by Gasteiger charge is 2.18. The van der Waals surface area contributed by atoms with Crippen LogP contribution < -0.4 is 4.74 Å². The Morgan fingerprint density at radius 3 is 2.20 bits per heavy atom. The van der Waals surface area contributed by atoms with Crippen LogP contribution in [0.1, 0.15) is 30.9 Å². The van der Waals surface area contributed by atoms with Crippen LogP contribution in [0.15, 0.2) is 35.0 Å². The monoisotopic (exact) mass is 354 g/mol. The van der Waals surface area contributed by atoms with E-state index in [2.05, 4.69) is 20.2 Å². The van der Waals surface area contributed by atoms with Crippen molar-refractivity contribution in [1.29, 1.82) is 0 Å². The SMILES string of the molecule is CC(Oc1ncc(-c2nnc(C(F)F)o2)cn1)c1cc(F)cc(F)c1. The number of halogens is 4. The van der Waals surface area contributed by atoms with E-state index < -0.39 is 30.1 Å². The van der Waals surface area contributed by atoms with Crippen molar-refractivity contribution in [2.45, 2.75) is 19.5 Å². The van der Waals surface area contributed by atoms with Crippen LogP contribution in [0, 0.1) is 11.6 Å². The molecule has 10 heteroatoms. The van der Waals surface area contributed by atoms with Crippen LogP contribution in [0.5, 0.6) is 6.01 Å². The summed E-state index contributed by atoms with van der Waals surface area (Å²) in [5, 5.41) is 6.66. The Morgan fingerprint density at radius 1 is 1.00 bits per heavy atom. The Hall–Kier alpha value is -3.04. The van der Waals surface area contributed by atoms with Gasteiger partial charge in [-0.25, -0.2) is 18.7 Å². The van der Waals surface area contributed by atoms with Crippen molar-refractivity contribution in [2.24, 2.45) is 0 Å². The highest BCUT2D eigenvalue weighted by molar-refractivity contribution is 5.49. The third kappa shape index (κ3) is 3.90. The smallest absolute Gasteiger partial charge is 0.316 e. The molecule has 1 unspecified atom stereocenters. The molecule has 130 valence electrons. The second kappa shape index (κ2) is 6.83. The summed E-state index contributed by atoms with van der Waals surface area (Å²) in [5.41, 5.74) is 0.486. The topological polar surface area (TPSA) is 73.9 Å². The summed E-state index contributed by atoms with van der Waals surface area (Å²) in [4.78, 5) is 7.77. The molecule has 1 atom stereocenters. The van der Waals surface area contributed by atoms with Gasteiger partial charge in [-0.15, -0.1) is 10.2 Å². The number of hydrogen-bond acceptors (Lipinski definition) is 6. The summed E-state index contributed by atoms with van der Waals surface area (Å²) in [5.74, 6) is -2.43. The van der Waals surface area contributed by atoms with Crippen LogP contribution in [-0.2, 0) is 0 Å². The van der Waals surface area contributed by atoms with Crippen molar-refractivity contribution in [3.63, 3.8) is 0 Å². The molecule has 0 bridgehead atoms. The summed E-state index contributed by atoms with van der Waals surface area (Å²) in [6.07, 6.45) is -1.12. The van der Waals surface area contributed by atoms with Crippen LogP contribution >= 0.6 is 0 Å². The van der Waals surface area contributed by atoms with E-state index in [-0.39, 0.29) is 23.0 Å². The quantitative estimate of drug-likeness (QED) is 0.648. The van der Waals surface area contributed by atoms with E-state index in [9.17, 15) is 17.6 Å². The highest BCUT2D eigenvalue weighted by Crippen LogP contribution is 2.24. The molecule has 25 heavy (non-hydrogen) atoms. The van der Waals surface area contributed by atoms with Gasteiger partial charge in [0.25, 0.3) is 11.8 Å². The molecule has 2 aromatic heterocycles. The van der Waals surface area contributed by atoms with E-state index in [1.54, 1.807) is 6.92 Å². The molecule has 3 rings (SSSR count). The van der Waals surface area contributed by atoms with Crippen LogP contribution in [-0.4, -0.2) is 20.2 Å². The van der Waals surface area contributed by atoms with Crippen molar-refractivity contribution in [2.75, 3.05) is 0 Å². The number of nitrogens with zero attached hydrogens (tertiary/aromatic N) is 4. The highest BCUT2D eigenvalue weighted by atomic mass is 19.3. The molecule has 0 aliphatic rings. The molecule has 0 radical (unpaired) electrons. The lowest BCUT2D eigenvalue weighted by Gasteiger charge is -2.13. The lowest BCUT2D eigenvalue weighted by molar-refractivity contribution is 0.116. The second-order valence-electron chi connectivity index (χ2n) is 4.96. The predicted octanol–water partition coefficient (Wildman–Crippen LogP) is 3.88. The molecule has 0 N–H and O–H groups in total. The van der Waals surface area contributed by atoms with Gasteiger partial charge in [-0.1, -0.05) is 0 Å². The van der Waals surface area contributed by atoms with Gasteiger partial charge in [0.05, 0.1) is 5.56 Å². The molecule has 0 saturated carbocycles. The molecule has 0 aliphatic carbocycles. The molecule has 0 spiro atoms. The average molecular weight is 354 g/mol. The van der Waals surface area contributed by atoms with Crippen LogP contribution in [0.4, 0.5) is 17.6 Å². The Balaban J connectivity index is 1.73. The molecular weight excluding hydrogens is 344 g/mol. The number of benzene rings is 1. The van der Waals surface area contributed by atoms with Gasteiger partial charge in [-0.3, -0.25) is 0 Å². The zero-order chi connectivity index (χ0) is 18.0. The normalized spacial score (nSPS) is 12.4. The fraction of sp³-hybridized carbons (Fsp3) is 0.200. The van der Waals surface area contributed by atoms with Gasteiger partial charge in [0.2, 0.25) is 0 Å².